The Morgan fingerprint density at radius 1 is 1.56 bits per heavy atom. The van der Waals surface area contributed by atoms with Crippen molar-refractivity contribution in [1.29, 1.82) is 0 Å². The minimum absolute atomic E-state index is 0.0639. The third kappa shape index (κ3) is 3.93. The fraction of sp³-hybridized carbons (Fsp3) is 0.250. The summed E-state index contributed by atoms with van der Waals surface area (Å²) in [6.45, 7) is 1.99. The SMILES string of the molecule is CC(=O)NCCC#Cc1ccc(O)cc1N. The molecule has 1 aromatic rings. The third-order valence-corrected chi connectivity index (χ3v) is 1.88. The molecule has 1 aromatic carbocycles. The van der Waals surface area contributed by atoms with Crippen LogP contribution in [0.25, 0.3) is 0 Å². The van der Waals surface area contributed by atoms with E-state index >= 15 is 0 Å². The number of rotatable bonds is 2. The number of nitrogen functional groups attached to an aromatic ring is 1. The highest BCUT2D eigenvalue weighted by Crippen LogP contribution is 2.17. The summed E-state index contributed by atoms with van der Waals surface area (Å²) in [6.07, 6.45) is 0.569. The van der Waals surface area contributed by atoms with Gasteiger partial charge in [-0.2, -0.15) is 0 Å². The fourth-order valence-corrected chi connectivity index (χ4v) is 1.12. The first-order valence-electron chi connectivity index (χ1n) is 4.91. The van der Waals surface area contributed by atoms with E-state index in [1.807, 2.05) is 0 Å². The molecule has 84 valence electrons. The molecular formula is C12H14N2O2. The molecule has 0 saturated heterocycles. The minimum atomic E-state index is -0.0639. The molecule has 0 aromatic heterocycles. The molecule has 0 spiro atoms. The maximum atomic E-state index is 10.6. The average Bonchev–Trinajstić information content (AvgIpc) is 2.20. The largest absolute Gasteiger partial charge is 0.508 e. The van der Waals surface area contributed by atoms with Crippen LogP contribution in [0.5, 0.6) is 5.75 Å². The monoisotopic (exact) mass is 218 g/mol. The number of benzene rings is 1. The molecule has 1 rings (SSSR count). The summed E-state index contributed by atoms with van der Waals surface area (Å²) < 4.78 is 0. The summed E-state index contributed by atoms with van der Waals surface area (Å²) in [5.74, 6) is 5.83. The second kappa shape index (κ2) is 5.66. The molecule has 0 fully saturated rings. The van der Waals surface area contributed by atoms with Crippen LogP contribution in [-0.4, -0.2) is 17.6 Å². The van der Waals surface area contributed by atoms with Crippen LogP contribution in [0.2, 0.25) is 0 Å². The number of carbonyl (C=O) groups excluding carboxylic acids is 1. The lowest BCUT2D eigenvalue weighted by molar-refractivity contribution is -0.118. The summed E-state index contributed by atoms with van der Waals surface area (Å²) in [6, 6.07) is 4.65. The van der Waals surface area contributed by atoms with Crippen molar-refractivity contribution in [3.05, 3.63) is 23.8 Å². The fourth-order valence-electron chi connectivity index (χ4n) is 1.12. The summed E-state index contributed by atoms with van der Waals surface area (Å²) in [7, 11) is 0. The zero-order valence-electron chi connectivity index (χ0n) is 9.08. The predicted octanol–water partition coefficient (Wildman–Crippen LogP) is 0.852. The van der Waals surface area contributed by atoms with Crippen molar-refractivity contribution in [3.8, 4) is 17.6 Å². The number of hydrogen-bond donors (Lipinski definition) is 3. The van der Waals surface area contributed by atoms with Crippen LogP contribution in [0.3, 0.4) is 0 Å². The second-order valence-corrected chi connectivity index (χ2v) is 3.31. The van der Waals surface area contributed by atoms with E-state index in [-0.39, 0.29) is 11.7 Å². The molecule has 0 atom stereocenters. The zero-order valence-corrected chi connectivity index (χ0v) is 9.08. The molecule has 1 amide bonds. The molecule has 0 aliphatic carbocycles. The number of amides is 1. The van der Waals surface area contributed by atoms with Crippen LogP contribution >= 0.6 is 0 Å². The Bertz CT molecular complexity index is 444. The van der Waals surface area contributed by atoms with E-state index in [2.05, 4.69) is 17.2 Å². The lowest BCUT2D eigenvalue weighted by Gasteiger charge is -1.98. The molecule has 0 aliphatic heterocycles. The van der Waals surface area contributed by atoms with Crippen molar-refractivity contribution in [2.75, 3.05) is 12.3 Å². The van der Waals surface area contributed by atoms with Gasteiger partial charge in [0, 0.05) is 31.5 Å². The second-order valence-electron chi connectivity index (χ2n) is 3.31. The van der Waals surface area contributed by atoms with Crippen LogP contribution in [0.1, 0.15) is 18.9 Å². The highest BCUT2D eigenvalue weighted by Gasteiger charge is 1.95. The standard InChI is InChI=1S/C12H14N2O2/c1-9(15)14-7-3-2-4-10-5-6-11(16)8-12(10)13/h5-6,8,16H,3,7,13H2,1H3,(H,14,15). The van der Waals surface area contributed by atoms with Gasteiger partial charge in [0.05, 0.1) is 5.69 Å². The first-order valence-corrected chi connectivity index (χ1v) is 4.91. The van der Waals surface area contributed by atoms with Crippen LogP contribution in [0, 0.1) is 11.8 Å². The van der Waals surface area contributed by atoms with E-state index in [1.165, 1.54) is 19.1 Å². The van der Waals surface area contributed by atoms with Gasteiger partial charge in [0.1, 0.15) is 5.75 Å². The topological polar surface area (TPSA) is 75.3 Å². The van der Waals surface area contributed by atoms with Gasteiger partial charge >= 0.3 is 0 Å². The van der Waals surface area contributed by atoms with E-state index in [4.69, 9.17) is 10.8 Å². The van der Waals surface area contributed by atoms with Gasteiger partial charge < -0.3 is 16.2 Å². The molecule has 16 heavy (non-hydrogen) atoms. The lowest BCUT2D eigenvalue weighted by atomic mass is 10.2. The zero-order chi connectivity index (χ0) is 12.0. The highest BCUT2D eigenvalue weighted by atomic mass is 16.3. The average molecular weight is 218 g/mol. The first kappa shape index (κ1) is 11.9. The van der Waals surface area contributed by atoms with Crippen LogP contribution < -0.4 is 11.1 Å². The normalized spacial score (nSPS) is 9.06. The predicted molar refractivity (Wildman–Crippen MR) is 62.7 cm³/mol. The molecule has 0 aliphatic rings. The Labute approximate surface area is 94.5 Å². The summed E-state index contributed by atoms with van der Waals surface area (Å²) >= 11 is 0. The molecule has 0 heterocycles. The molecule has 0 bridgehead atoms. The van der Waals surface area contributed by atoms with E-state index < -0.39 is 0 Å². The van der Waals surface area contributed by atoms with Gasteiger partial charge in [-0.15, -0.1) is 0 Å². The third-order valence-electron chi connectivity index (χ3n) is 1.88. The van der Waals surface area contributed by atoms with Crippen LogP contribution in [0.4, 0.5) is 5.69 Å². The van der Waals surface area contributed by atoms with E-state index in [1.54, 1.807) is 6.07 Å². The number of phenols is 1. The number of carbonyl (C=O) groups is 1. The minimum Gasteiger partial charge on any atom is -0.508 e. The van der Waals surface area contributed by atoms with Crippen molar-refractivity contribution in [3.63, 3.8) is 0 Å². The summed E-state index contributed by atoms with van der Waals surface area (Å²) in [5, 5.41) is 11.8. The van der Waals surface area contributed by atoms with Gasteiger partial charge in [-0.1, -0.05) is 11.8 Å². The Balaban J connectivity index is 2.53. The van der Waals surface area contributed by atoms with Gasteiger partial charge in [0.2, 0.25) is 5.91 Å². The maximum Gasteiger partial charge on any atom is 0.216 e. The molecule has 4 nitrogen and oxygen atoms in total. The molecular weight excluding hydrogens is 204 g/mol. The van der Waals surface area contributed by atoms with E-state index in [0.717, 1.165) is 0 Å². The van der Waals surface area contributed by atoms with E-state index in [9.17, 15) is 4.79 Å². The van der Waals surface area contributed by atoms with Gasteiger partial charge in [-0.05, 0) is 12.1 Å². The molecule has 0 unspecified atom stereocenters. The van der Waals surface area contributed by atoms with E-state index in [0.29, 0.717) is 24.2 Å². The number of aromatic hydroxyl groups is 1. The summed E-state index contributed by atoms with van der Waals surface area (Å²) in [4.78, 5) is 10.6. The number of hydrogen-bond acceptors (Lipinski definition) is 3. The van der Waals surface area contributed by atoms with Gasteiger partial charge in [0.15, 0.2) is 0 Å². The smallest absolute Gasteiger partial charge is 0.216 e. The van der Waals surface area contributed by atoms with Crippen molar-refractivity contribution in [2.45, 2.75) is 13.3 Å². The van der Waals surface area contributed by atoms with Gasteiger partial charge in [-0.25, -0.2) is 0 Å². The maximum absolute atomic E-state index is 10.6. The van der Waals surface area contributed by atoms with Crippen molar-refractivity contribution >= 4 is 11.6 Å². The number of anilines is 1. The van der Waals surface area contributed by atoms with Crippen LogP contribution in [0.15, 0.2) is 18.2 Å². The van der Waals surface area contributed by atoms with Crippen molar-refractivity contribution in [1.82, 2.24) is 5.32 Å². The molecule has 4 N–H and O–H groups in total. The Morgan fingerprint density at radius 3 is 2.94 bits per heavy atom. The number of phenolic OH excluding ortho intramolecular Hbond substituents is 1. The lowest BCUT2D eigenvalue weighted by Crippen LogP contribution is -2.20. The summed E-state index contributed by atoms with van der Waals surface area (Å²) in [5.41, 5.74) is 6.78. The Kier molecular flexibility index (Phi) is 4.22. The molecule has 0 saturated carbocycles. The number of nitrogens with two attached hydrogens (primary N) is 1. The van der Waals surface area contributed by atoms with Crippen molar-refractivity contribution in [2.24, 2.45) is 0 Å². The first-order chi connectivity index (χ1) is 7.59. The number of nitrogens with one attached hydrogen (secondary N) is 1. The Morgan fingerprint density at radius 2 is 2.31 bits per heavy atom. The molecule has 4 heteroatoms. The van der Waals surface area contributed by atoms with Gasteiger partial charge in [-0.3, -0.25) is 4.79 Å². The van der Waals surface area contributed by atoms with Gasteiger partial charge in [0.25, 0.3) is 0 Å². The van der Waals surface area contributed by atoms with Crippen molar-refractivity contribution < 1.29 is 9.90 Å². The Hall–Kier alpha value is -2.15. The quantitative estimate of drug-likeness (QED) is 0.391. The van der Waals surface area contributed by atoms with Crippen LogP contribution in [-0.2, 0) is 4.79 Å². The molecule has 0 radical (unpaired) electrons. The highest BCUT2D eigenvalue weighted by molar-refractivity contribution is 5.72.